The molecule has 3 nitrogen and oxygen atoms in total. The van der Waals surface area contributed by atoms with E-state index in [0.717, 1.165) is 6.07 Å². The molecule has 0 fully saturated rings. The minimum atomic E-state index is -0.722. The summed E-state index contributed by atoms with van der Waals surface area (Å²) in [5, 5.41) is 0. The molecule has 4 heteroatoms. The van der Waals surface area contributed by atoms with Crippen LogP contribution in [-0.2, 0) is 4.79 Å². The molecule has 0 amide bonds. The van der Waals surface area contributed by atoms with E-state index >= 15 is 0 Å². The average Bonchev–Trinajstić information content (AvgIpc) is 2.41. The van der Waals surface area contributed by atoms with Gasteiger partial charge in [0.1, 0.15) is 11.5 Å². The van der Waals surface area contributed by atoms with Crippen LogP contribution >= 0.6 is 0 Å². The molecule has 2 rings (SSSR count). The molecule has 0 aliphatic heterocycles. The predicted molar refractivity (Wildman–Crippen MR) is 64.1 cm³/mol. The largest absolute Gasteiger partial charge is 0.289 e. The van der Waals surface area contributed by atoms with Crippen LogP contribution in [0.5, 0.6) is 0 Å². The van der Waals surface area contributed by atoms with Crippen LogP contribution in [0.4, 0.5) is 10.1 Å². The summed E-state index contributed by atoms with van der Waals surface area (Å²) in [6.07, 6.45) is 1.25. The van der Waals surface area contributed by atoms with E-state index in [-0.39, 0.29) is 17.0 Å². The summed E-state index contributed by atoms with van der Waals surface area (Å²) in [5.74, 6) is -1.11. The minimum absolute atomic E-state index is 0.0459. The van der Waals surface area contributed by atoms with E-state index in [2.05, 4.69) is 4.99 Å². The van der Waals surface area contributed by atoms with Crippen molar-refractivity contribution in [2.45, 2.75) is 0 Å². The van der Waals surface area contributed by atoms with Gasteiger partial charge in [0.25, 0.3) is 0 Å². The summed E-state index contributed by atoms with van der Waals surface area (Å²) < 4.78 is 13.5. The number of para-hydroxylation sites is 1. The molecule has 0 spiro atoms. The van der Waals surface area contributed by atoms with Crippen molar-refractivity contribution in [2.75, 3.05) is 0 Å². The number of hydrogen-bond donors (Lipinski definition) is 0. The van der Waals surface area contributed by atoms with E-state index < -0.39 is 5.82 Å². The molecule has 0 unspecified atom stereocenters. The van der Waals surface area contributed by atoms with Crippen LogP contribution in [0.15, 0.2) is 53.5 Å². The van der Waals surface area contributed by atoms with Gasteiger partial charge in [0.15, 0.2) is 5.78 Å². The van der Waals surface area contributed by atoms with Crippen molar-refractivity contribution in [1.29, 1.82) is 0 Å². The maximum Gasteiger partial charge on any atom is 0.240 e. The number of hydrogen-bond acceptors (Lipinski definition) is 3. The van der Waals surface area contributed by atoms with E-state index in [1.54, 1.807) is 30.3 Å². The summed E-state index contributed by atoms with van der Waals surface area (Å²) in [6.45, 7) is 0. The van der Waals surface area contributed by atoms with Crippen molar-refractivity contribution in [1.82, 2.24) is 0 Å². The Labute approximate surface area is 103 Å². The predicted octanol–water partition coefficient (Wildman–Crippen LogP) is 3.02. The number of rotatable bonds is 3. The SMILES string of the molecule is O=C=Nc1c(F)cccc1C(=O)c1ccccc1. The Morgan fingerprint density at radius 2 is 1.78 bits per heavy atom. The number of ketones is 1. The molecule has 2 aromatic carbocycles. The van der Waals surface area contributed by atoms with Gasteiger partial charge in [-0.05, 0) is 12.1 Å². The van der Waals surface area contributed by atoms with Gasteiger partial charge in [0.2, 0.25) is 6.08 Å². The Hall–Kier alpha value is -2.58. The number of aliphatic imine (C=N–C) groups is 1. The molecular formula is C14H8FNO2. The van der Waals surface area contributed by atoms with Crippen LogP contribution in [0, 0.1) is 5.82 Å². The lowest BCUT2D eigenvalue weighted by molar-refractivity contribution is 0.103. The highest BCUT2D eigenvalue weighted by Crippen LogP contribution is 2.25. The second kappa shape index (κ2) is 5.17. The van der Waals surface area contributed by atoms with Crippen molar-refractivity contribution in [3.05, 3.63) is 65.5 Å². The zero-order valence-electron chi connectivity index (χ0n) is 9.26. The van der Waals surface area contributed by atoms with Gasteiger partial charge in [-0.1, -0.05) is 36.4 Å². The fourth-order valence-electron chi connectivity index (χ4n) is 1.60. The summed E-state index contributed by atoms with van der Waals surface area (Å²) >= 11 is 0. The van der Waals surface area contributed by atoms with Crippen molar-refractivity contribution in [2.24, 2.45) is 4.99 Å². The molecule has 0 saturated heterocycles. The molecule has 0 heterocycles. The zero-order chi connectivity index (χ0) is 13.0. The van der Waals surface area contributed by atoms with Gasteiger partial charge in [-0.3, -0.25) is 4.79 Å². The van der Waals surface area contributed by atoms with E-state index in [9.17, 15) is 14.0 Å². The first-order chi connectivity index (χ1) is 8.74. The van der Waals surface area contributed by atoms with Crippen LogP contribution in [0.3, 0.4) is 0 Å². The highest BCUT2D eigenvalue weighted by atomic mass is 19.1. The molecule has 18 heavy (non-hydrogen) atoms. The molecule has 0 atom stereocenters. The molecule has 88 valence electrons. The number of nitrogens with zero attached hydrogens (tertiary/aromatic N) is 1. The van der Waals surface area contributed by atoms with E-state index in [1.165, 1.54) is 18.2 Å². The maximum atomic E-state index is 13.5. The average molecular weight is 241 g/mol. The lowest BCUT2D eigenvalue weighted by Crippen LogP contribution is -2.02. The second-order valence-electron chi connectivity index (χ2n) is 3.53. The van der Waals surface area contributed by atoms with Crippen LogP contribution in [0.25, 0.3) is 0 Å². The van der Waals surface area contributed by atoms with Gasteiger partial charge in [-0.15, -0.1) is 0 Å². The third-order valence-corrected chi connectivity index (χ3v) is 2.42. The fourth-order valence-corrected chi connectivity index (χ4v) is 1.60. The van der Waals surface area contributed by atoms with Gasteiger partial charge in [0.05, 0.1) is 5.56 Å². The third-order valence-electron chi connectivity index (χ3n) is 2.42. The standard InChI is InChI=1S/C14H8FNO2/c15-12-8-4-7-11(13(12)16-9-17)14(18)10-5-2-1-3-6-10/h1-8H. The molecule has 0 aromatic heterocycles. The lowest BCUT2D eigenvalue weighted by atomic mass is 10.0. The fraction of sp³-hybridized carbons (Fsp3) is 0. The van der Waals surface area contributed by atoms with Crippen molar-refractivity contribution >= 4 is 17.6 Å². The molecule has 0 N–H and O–H groups in total. The third kappa shape index (κ3) is 2.24. The van der Waals surface area contributed by atoms with Crippen LogP contribution < -0.4 is 0 Å². The van der Waals surface area contributed by atoms with Crippen LogP contribution in [0.2, 0.25) is 0 Å². The van der Waals surface area contributed by atoms with E-state index in [4.69, 9.17) is 0 Å². The Bertz CT molecular complexity index is 631. The molecule has 0 radical (unpaired) electrons. The van der Waals surface area contributed by atoms with E-state index in [0.29, 0.717) is 5.56 Å². The topological polar surface area (TPSA) is 46.5 Å². The smallest absolute Gasteiger partial charge is 0.240 e. The van der Waals surface area contributed by atoms with Crippen molar-refractivity contribution < 1.29 is 14.0 Å². The summed E-state index contributed by atoms with van der Waals surface area (Å²) in [7, 11) is 0. The van der Waals surface area contributed by atoms with Gasteiger partial charge in [0, 0.05) is 5.56 Å². The Kier molecular flexibility index (Phi) is 3.41. The molecule has 0 aliphatic rings. The highest BCUT2D eigenvalue weighted by Gasteiger charge is 2.16. The van der Waals surface area contributed by atoms with Crippen molar-refractivity contribution in [3.8, 4) is 0 Å². The second-order valence-corrected chi connectivity index (χ2v) is 3.53. The number of carbonyl (C=O) groups excluding carboxylic acids is 2. The number of carbonyl (C=O) groups is 1. The van der Waals surface area contributed by atoms with Crippen LogP contribution in [0.1, 0.15) is 15.9 Å². The van der Waals surface area contributed by atoms with Gasteiger partial charge in [-0.2, -0.15) is 4.99 Å². The molecule has 2 aromatic rings. The molecule has 0 aliphatic carbocycles. The number of isocyanates is 1. The summed E-state index contributed by atoms with van der Waals surface area (Å²) in [5.41, 5.74) is 0.177. The van der Waals surface area contributed by atoms with Gasteiger partial charge < -0.3 is 0 Å². The minimum Gasteiger partial charge on any atom is -0.289 e. The number of halogens is 1. The van der Waals surface area contributed by atoms with Gasteiger partial charge >= 0.3 is 0 Å². The number of benzene rings is 2. The molecule has 0 bridgehead atoms. The molecule has 0 saturated carbocycles. The highest BCUT2D eigenvalue weighted by molar-refractivity contribution is 6.12. The first-order valence-electron chi connectivity index (χ1n) is 5.20. The normalized spacial score (nSPS) is 9.61. The van der Waals surface area contributed by atoms with Crippen LogP contribution in [-0.4, -0.2) is 11.9 Å². The van der Waals surface area contributed by atoms with Gasteiger partial charge in [-0.25, -0.2) is 9.18 Å². The van der Waals surface area contributed by atoms with Crippen molar-refractivity contribution in [3.63, 3.8) is 0 Å². The maximum absolute atomic E-state index is 13.5. The quantitative estimate of drug-likeness (QED) is 0.471. The zero-order valence-corrected chi connectivity index (χ0v) is 9.26. The van der Waals surface area contributed by atoms with E-state index in [1.807, 2.05) is 0 Å². The Morgan fingerprint density at radius 3 is 2.44 bits per heavy atom. The Balaban J connectivity index is 2.55. The summed E-state index contributed by atoms with van der Waals surface area (Å²) in [4.78, 5) is 25.7. The summed E-state index contributed by atoms with van der Waals surface area (Å²) in [6, 6.07) is 12.4. The first-order valence-corrected chi connectivity index (χ1v) is 5.20. The first kappa shape index (κ1) is 11.9. The monoisotopic (exact) mass is 241 g/mol. The Morgan fingerprint density at radius 1 is 1.06 bits per heavy atom. The lowest BCUT2D eigenvalue weighted by Gasteiger charge is -2.04. The molecular weight excluding hydrogens is 233 g/mol.